The number of rotatable bonds is 10. The van der Waals surface area contributed by atoms with Crippen molar-refractivity contribution < 1.29 is 14.6 Å². The van der Waals surface area contributed by atoms with E-state index in [1.165, 1.54) is 5.56 Å². The van der Waals surface area contributed by atoms with Crippen molar-refractivity contribution in [2.75, 3.05) is 27.3 Å². The van der Waals surface area contributed by atoms with E-state index in [1.807, 2.05) is 19.1 Å². The minimum absolute atomic E-state index is 0.271. The van der Waals surface area contributed by atoms with E-state index in [1.54, 1.807) is 14.2 Å². The fourth-order valence-electron chi connectivity index (χ4n) is 2.34. The summed E-state index contributed by atoms with van der Waals surface area (Å²) in [5.41, 5.74) is 1.17. The lowest BCUT2D eigenvalue weighted by atomic mass is 10.1. The second-order valence-electron chi connectivity index (χ2n) is 6.17. The Kier molecular flexibility index (Phi) is 8.28. The molecule has 22 heavy (non-hydrogen) atoms. The molecule has 126 valence electrons. The molecule has 0 fully saturated rings. The molecule has 0 amide bonds. The molecule has 0 radical (unpaired) electrons. The predicted molar refractivity (Wildman–Crippen MR) is 90.6 cm³/mol. The molecule has 0 aliphatic rings. The van der Waals surface area contributed by atoms with Gasteiger partial charge in [0.2, 0.25) is 0 Å². The van der Waals surface area contributed by atoms with Gasteiger partial charge < -0.3 is 14.6 Å². The standard InChI is InChI=1S/C18H31NO3/c1-6-16(20)13-19(10-9-14(2)3)12-15-7-8-17(21-4)18(11-15)22-5/h7-8,11,14,16,20H,6,9-10,12-13H2,1-5H3/t16-/m0/s1. The molecule has 0 heterocycles. The number of aliphatic hydroxyl groups is 1. The molecule has 4 nitrogen and oxygen atoms in total. The third kappa shape index (κ3) is 6.24. The fraction of sp³-hybridized carbons (Fsp3) is 0.667. The number of methoxy groups -OCH3 is 2. The van der Waals surface area contributed by atoms with Crippen LogP contribution in [0.2, 0.25) is 0 Å². The Morgan fingerprint density at radius 1 is 1.14 bits per heavy atom. The van der Waals surface area contributed by atoms with Crippen LogP contribution in [0.15, 0.2) is 18.2 Å². The maximum absolute atomic E-state index is 9.97. The van der Waals surface area contributed by atoms with Gasteiger partial charge in [-0.05, 0) is 43.0 Å². The average Bonchev–Trinajstić information content (AvgIpc) is 2.52. The van der Waals surface area contributed by atoms with Crippen molar-refractivity contribution >= 4 is 0 Å². The zero-order valence-corrected chi connectivity index (χ0v) is 14.6. The Morgan fingerprint density at radius 3 is 2.36 bits per heavy atom. The quantitative estimate of drug-likeness (QED) is 0.720. The van der Waals surface area contributed by atoms with Crippen LogP contribution >= 0.6 is 0 Å². The van der Waals surface area contributed by atoms with Crippen molar-refractivity contribution in [3.05, 3.63) is 23.8 Å². The Morgan fingerprint density at radius 2 is 1.82 bits per heavy atom. The first-order valence-electron chi connectivity index (χ1n) is 8.11. The summed E-state index contributed by atoms with van der Waals surface area (Å²) in [6, 6.07) is 6.01. The van der Waals surface area contributed by atoms with Gasteiger partial charge in [-0.3, -0.25) is 4.90 Å². The maximum atomic E-state index is 9.97. The third-order valence-corrected chi connectivity index (χ3v) is 3.82. The van der Waals surface area contributed by atoms with E-state index in [0.29, 0.717) is 12.5 Å². The number of hydrogen-bond acceptors (Lipinski definition) is 4. The van der Waals surface area contributed by atoms with Gasteiger partial charge in [-0.2, -0.15) is 0 Å². The van der Waals surface area contributed by atoms with Gasteiger partial charge >= 0.3 is 0 Å². The van der Waals surface area contributed by atoms with Crippen LogP contribution in [0.5, 0.6) is 11.5 Å². The van der Waals surface area contributed by atoms with Crippen LogP contribution in [-0.2, 0) is 6.54 Å². The number of ether oxygens (including phenoxy) is 2. The summed E-state index contributed by atoms with van der Waals surface area (Å²) in [5, 5.41) is 9.97. The molecule has 0 spiro atoms. The van der Waals surface area contributed by atoms with Crippen LogP contribution in [0.4, 0.5) is 0 Å². The molecule has 0 saturated heterocycles. The fourth-order valence-corrected chi connectivity index (χ4v) is 2.34. The van der Waals surface area contributed by atoms with Gasteiger partial charge in [-0.25, -0.2) is 0 Å². The molecular weight excluding hydrogens is 278 g/mol. The van der Waals surface area contributed by atoms with E-state index in [2.05, 4.69) is 24.8 Å². The predicted octanol–water partition coefficient (Wildman–Crippen LogP) is 3.32. The van der Waals surface area contributed by atoms with Crippen LogP contribution in [0, 0.1) is 5.92 Å². The maximum Gasteiger partial charge on any atom is 0.161 e. The Bertz CT molecular complexity index is 434. The lowest BCUT2D eigenvalue weighted by Crippen LogP contribution is -2.33. The van der Waals surface area contributed by atoms with Crippen molar-refractivity contribution in [2.24, 2.45) is 5.92 Å². The second-order valence-corrected chi connectivity index (χ2v) is 6.17. The van der Waals surface area contributed by atoms with Gasteiger partial charge in [0, 0.05) is 13.1 Å². The number of benzene rings is 1. The van der Waals surface area contributed by atoms with Crippen LogP contribution in [0.25, 0.3) is 0 Å². The van der Waals surface area contributed by atoms with E-state index in [-0.39, 0.29) is 6.10 Å². The summed E-state index contributed by atoms with van der Waals surface area (Å²) < 4.78 is 10.6. The molecule has 0 aliphatic heterocycles. The lowest BCUT2D eigenvalue weighted by Gasteiger charge is -2.26. The van der Waals surface area contributed by atoms with Crippen molar-refractivity contribution in [2.45, 2.75) is 46.3 Å². The first-order chi connectivity index (χ1) is 10.5. The topological polar surface area (TPSA) is 41.9 Å². The highest BCUT2D eigenvalue weighted by atomic mass is 16.5. The van der Waals surface area contributed by atoms with Crippen LogP contribution in [-0.4, -0.2) is 43.4 Å². The van der Waals surface area contributed by atoms with E-state index in [0.717, 1.165) is 37.4 Å². The van der Waals surface area contributed by atoms with Gasteiger partial charge in [0.15, 0.2) is 11.5 Å². The molecule has 0 saturated carbocycles. The highest BCUT2D eigenvalue weighted by Gasteiger charge is 2.13. The molecule has 1 aromatic rings. The van der Waals surface area contributed by atoms with E-state index in [9.17, 15) is 5.11 Å². The minimum Gasteiger partial charge on any atom is -0.493 e. The first-order valence-corrected chi connectivity index (χ1v) is 8.11. The average molecular weight is 309 g/mol. The molecule has 1 atom stereocenters. The van der Waals surface area contributed by atoms with Crippen molar-refractivity contribution in [1.29, 1.82) is 0 Å². The molecule has 4 heteroatoms. The molecule has 1 aromatic carbocycles. The van der Waals surface area contributed by atoms with E-state index in [4.69, 9.17) is 9.47 Å². The highest BCUT2D eigenvalue weighted by Crippen LogP contribution is 2.28. The van der Waals surface area contributed by atoms with Crippen LogP contribution < -0.4 is 9.47 Å². The SMILES string of the molecule is CC[C@H](O)CN(CCC(C)C)Cc1ccc(OC)c(OC)c1. The van der Waals surface area contributed by atoms with E-state index < -0.39 is 0 Å². The Balaban J connectivity index is 2.78. The largest absolute Gasteiger partial charge is 0.493 e. The Labute approximate surface area is 135 Å². The normalized spacial score (nSPS) is 12.7. The van der Waals surface area contributed by atoms with Gasteiger partial charge in [-0.1, -0.05) is 26.8 Å². The van der Waals surface area contributed by atoms with E-state index >= 15 is 0 Å². The molecule has 0 unspecified atom stereocenters. The summed E-state index contributed by atoms with van der Waals surface area (Å²) in [6.45, 7) is 8.97. The highest BCUT2D eigenvalue weighted by molar-refractivity contribution is 5.42. The minimum atomic E-state index is -0.271. The molecule has 1 rings (SSSR count). The monoisotopic (exact) mass is 309 g/mol. The zero-order valence-electron chi connectivity index (χ0n) is 14.6. The molecular formula is C18H31NO3. The number of hydrogen-bond donors (Lipinski definition) is 1. The summed E-state index contributed by atoms with van der Waals surface area (Å²) in [7, 11) is 3.29. The van der Waals surface area contributed by atoms with Gasteiger partial charge in [0.25, 0.3) is 0 Å². The van der Waals surface area contributed by atoms with Gasteiger partial charge in [0.05, 0.1) is 20.3 Å². The first kappa shape index (κ1) is 18.8. The molecule has 0 aromatic heterocycles. The van der Waals surface area contributed by atoms with Gasteiger partial charge in [-0.15, -0.1) is 0 Å². The smallest absolute Gasteiger partial charge is 0.161 e. The van der Waals surface area contributed by atoms with Crippen molar-refractivity contribution in [1.82, 2.24) is 4.90 Å². The third-order valence-electron chi connectivity index (χ3n) is 3.82. The van der Waals surface area contributed by atoms with Crippen LogP contribution in [0.1, 0.15) is 39.2 Å². The zero-order chi connectivity index (χ0) is 16.5. The Hall–Kier alpha value is -1.26. The number of aliphatic hydroxyl groups excluding tert-OH is 1. The summed E-state index contributed by atoms with van der Waals surface area (Å²) >= 11 is 0. The van der Waals surface area contributed by atoms with Crippen molar-refractivity contribution in [3.63, 3.8) is 0 Å². The second kappa shape index (κ2) is 9.70. The summed E-state index contributed by atoms with van der Waals surface area (Å²) in [6.07, 6.45) is 1.64. The molecule has 0 aliphatic carbocycles. The summed E-state index contributed by atoms with van der Waals surface area (Å²) in [5.74, 6) is 2.15. The summed E-state index contributed by atoms with van der Waals surface area (Å²) in [4.78, 5) is 2.31. The number of nitrogens with zero attached hydrogens (tertiary/aromatic N) is 1. The van der Waals surface area contributed by atoms with Crippen LogP contribution in [0.3, 0.4) is 0 Å². The lowest BCUT2D eigenvalue weighted by molar-refractivity contribution is 0.102. The van der Waals surface area contributed by atoms with Crippen molar-refractivity contribution in [3.8, 4) is 11.5 Å². The molecule has 0 bridgehead atoms. The molecule has 1 N–H and O–H groups in total. The van der Waals surface area contributed by atoms with Gasteiger partial charge in [0.1, 0.15) is 0 Å².